The van der Waals surface area contributed by atoms with Gasteiger partial charge in [0.25, 0.3) is 0 Å². The highest BCUT2D eigenvalue weighted by Crippen LogP contribution is 2.21. The van der Waals surface area contributed by atoms with Gasteiger partial charge >= 0.3 is 0 Å². The lowest BCUT2D eigenvalue weighted by Crippen LogP contribution is -2.11. The van der Waals surface area contributed by atoms with Crippen LogP contribution in [0.1, 0.15) is 32.3 Å². The van der Waals surface area contributed by atoms with Crippen molar-refractivity contribution < 1.29 is 4.74 Å². The summed E-state index contributed by atoms with van der Waals surface area (Å²) in [6, 6.07) is 8.23. The zero-order valence-corrected chi connectivity index (χ0v) is 9.70. The van der Waals surface area contributed by atoms with Crippen LogP contribution in [0.2, 0.25) is 0 Å². The van der Waals surface area contributed by atoms with Crippen LogP contribution < -0.4 is 10.5 Å². The molecule has 0 fully saturated rings. The van der Waals surface area contributed by atoms with Crippen molar-refractivity contribution in [1.82, 2.24) is 0 Å². The first kappa shape index (κ1) is 12.1. The molecular formula is C13H21NO. The Bertz CT molecular complexity index is 286. The molecule has 0 heterocycles. The van der Waals surface area contributed by atoms with E-state index in [9.17, 15) is 0 Å². The quantitative estimate of drug-likeness (QED) is 0.778. The minimum atomic E-state index is 0.282. The third-order valence-electron chi connectivity index (χ3n) is 2.53. The van der Waals surface area contributed by atoms with Crippen LogP contribution in [-0.4, -0.2) is 12.6 Å². The van der Waals surface area contributed by atoms with E-state index >= 15 is 0 Å². The maximum absolute atomic E-state index is 5.85. The largest absolute Gasteiger partial charge is 0.490 e. The van der Waals surface area contributed by atoms with Gasteiger partial charge in [-0.05, 0) is 44.4 Å². The summed E-state index contributed by atoms with van der Waals surface area (Å²) in [5, 5.41) is 0. The number of hydrogen-bond acceptors (Lipinski definition) is 2. The second-order valence-electron chi connectivity index (χ2n) is 3.84. The van der Waals surface area contributed by atoms with Crippen molar-refractivity contribution in [2.24, 2.45) is 5.73 Å². The van der Waals surface area contributed by atoms with Crippen molar-refractivity contribution in [3.8, 4) is 5.75 Å². The molecule has 15 heavy (non-hydrogen) atoms. The monoisotopic (exact) mass is 207 g/mol. The summed E-state index contributed by atoms with van der Waals surface area (Å²) >= 11 is 0. The molecule has 2 N–H and O–H groups in total. The number of ether oxygens (including phenoxy) is 1. The van der Waals surface area contributed by atoms with Crippen LogP contribution in [0.5, 0.6) is 5.75 Å². The Hall–Kier alpha value is -1.02. The number of hydrogen-bond donors (Lipinski definition) is 1. The lowest BCUT2D eigenvalue weighted by Gasteiger charge is -2.15. The molecule has 0 radical (unpaired) electrons. The third-order valence-corrected chi connectivity index (χ3v) is 2.53. The molecule has 0 aliphatic rings. The maximum Gasteiger partial charge on any atom is 0.122 e. The molecule has 0 saturated carbocycles. The Morgan fingerprint density at radius 2 is 2.07 bits per heavy atom. The van der Waals surface area contributed by atoms with Crippen LogP contribution in [0.4, 0.5) is 0 Å². The van der Waals surface area contributed by atoms with Gasteiger partial charge in [0.1, 0.15) is 5.75 Å². The van der Waals surface area contributed by atoms with Gasteiger partial charge in [-0.3, -0.25) is 0 Å². The molecular weight excluding hydrogens is 186 g/mol. The molecule has 1 unspecified atom stereocenters. The Morgan fingerprint density at radius 1 is 1.33 bits per heavy atom. The molecule has 2 heteroatoms. The lowest BCUT2D eigenvalue weighted by atomic mass is 10.1. The van der Waals surface area contributed by atoms with Crippen LogP contribution in [0.15, 0.2) is 24.3 Å². The van der Waals surface area contributed by atoms with Crippen LogP contribution in [-0.2, 0) is 6.42 Å². The highest BCUT2D eigenvalue weighted by molar-refractivity contribution is 5.33. The number of benzene rings is 1. The molecule has 0 aliphatic heterocycles. The van der Waals surface area contributed by atoms with Gasteiger partial charge in [-0.1, -0.05) is 25.1 Å². The molecule has 0 aromatic heterocycles. The predicted molar refractivity (Wildman–Crippen MR) is 64.2 cm³/mol. The van der Waals surface area contributed by atoms with Crippen molar-refractivity contribution in [1.29, 1.82) is 0 Å². The van der Waals surface area contributed by atoms with Gasteiger partial charge in [0, 0.05) is 0 Å². The zero-order valence-electron chi connectivity index (χ0n) is 9.70. The number of para-hydroxylation sites is 1. The zero-order chi connectivity index (χ0) is 11.1. The SMILES string of the molecule is CCC(C)Oc1ccccc1CCCN. The van der Waals surface area contributed by atoms with Gasteiger partial charge < -0.3 is 10.5 Å². The van der Waals surface area contributed by atoms with E-state index in [1.165, 1.54) is 5.56 Å². The first-order valence-corrected chi connectivity index (χ1v) is 5.72. The summed E-state index contributed by atoms with van der Waals surface area (Å²) in [7, 11) is 0. The van der Waals surface area contributed by atoms with Crippen molar-refractivity contribution >= 4 is 0 Å². The van der Waals surface area contributed by atoms with Crippen molar-refractivity contribution in [3.05, 3.63) is 29.8 Å². The van der Waals surface area contributed by atoms with Crippen LogP contribution in [0, 0.1) is 0 Å². The van der Waals surface area contributed by atoms with Crippen LogP contribution >= 0.6 is 0 Å². The fourth-order valence-electron chi connectivity index (χ4n) is 1.42. The number of rotatable bonds is 6. The van der Waals surface area contributed by atoms with Gasteiger partial charge in [-0.15, -0.1) is 0 Å². The van der Waals surface area contributed by atoms with Crippen LogP contribution in [0.3, 0.4) is 0 Å². The van der Waals surface area contributed by atoms with Gasteiger partial charge in [0.15, 0.2) is 0 Å². The average Bonchev–Trinajstić information content (AvgIpc) is 2.28. The van der Waals surface area contributed by atoms with Gasteiger partial charge in [0.05, 0.1) is 6.10 Å². The standard InChI is InChI=1S/C13H21NO/c1-3-11(2)15-13-9-5-4-7-12(13)8-6-10-14/h4-5,7,9,11H,3,6,8,10,14H2,1-2H3. The lowest BCUT2D eigenvalue weighted by molar-refractivity contribution is 0.215. The topological polar surface area (TPSA) is 35.2 Å². The summed E-state index contributed by atoms with van der Waals surface area (Å²) < 4.78 is 5.85. The van der Waals surface area contributed by atoms with E-state index < -0.39 is 0 Å². The van der Waals surface area contributed by atoms with E-state index in [0.717, 1.165) is 31.6 Å². The average molecular weight is 207 g/mol. The van der Waals surface area contributed by atoms with E-state index in [1.54, 1.807) is 0 Å². The van der Waals surface area contributed by atoms with E-state index in [2.05, 4.69) is 26.0 Å². The fourth-order valence-corrected chi connectivity index (χ4v) is 1.42. The summed E-state index contributed by atoms with van der Waals surface area (Å²) in [5.41, 5.74) is 6.78. The van der Waals surface area contributed by atoms with Crippen molar-refractivity contribution in [2.45, 2.75) is 39.2 Å². The van der Waals surface area contributed by atoms with Crippen molar-refractivity contribution in [2.75, 3.05) is 6.54 Å². The number of aryl methyl sites for hydroxylation is 1. The normalized spacial score (nSPS) is 12.5. The van der Waals surface area contributed by atoms with E-state index in [0.29, 0.717) is 0 Å². The summed E-state index contributed by atoms with van der Waals surface area (Å²) in [6.07, 6.45) is 3.33. The predicted octanol–water partition coefficient (Wildman–Crippen LogP) is 2.76. The van der Waals surface area contributed by atoms with Crippen LogP contribution in [0.25, 0.3) is 0 Å². The van der Waals surface area contributed by atoms with Gasteiger partial charge in [-0.2, -0.15) is 0 Å². The smallest absolute Gasteiger partial charge is 0.122 e. The first-order chi connectivity index (χ1) is 7.27. The molecule has 2 nitrogen and oxygen atoms in total. The molecule has 1 aromatic rings. The van der Waals surface area contributed by atoms with Gasteiger partial charge in [-0.25, -0.2) is 0 Å². The third kappa shape index (κ3) is 3.92. The fraction of sp³-hybridized carbons (Fsp3) is 0.538. The molecule has 1 rings (SSSR count). The van der Waals surface area contributed by atoms with Gasteiger partial charge in [0.2, 0.25) is 0 Å². The maximum atomic E-state index is 5.85. The highest BCUT2D eigenvalue weighted by Gasteiger charge is 2.05. The molecule has 0 amide bonds. The first-order valence-electron chi connectivity index (χ1n) is 5.72. The molecule has 1 atom stereocenters. The molecule has 1 aromatic carbocycles. The molecule has 0 saturated heterocycles. The van der Waals surface area contributed by atoms with Crippen molar-refractivity contribution in [3.63, 3.8) is 0 Å². The Kier molecular flexibility index (Phi) is 5.19. The van der Waals surface area contributed by atoms with E-state index in [4.69, 9.17) is 10.5 Å². The minimum Gasteiger partial charge on any atom is -0.490 e. The number of nitrogens with two attached hydrogens (primary N) is 1. The molecule has 84 valence electrons. The molecule has 0 bridgehead atoms. The second kappa shape index (κ2) is 6.46. The minimum absolute atomic E-state index is 0.282. The highest BCUT2D eigenvalue weighted by atomic mass is 16.5. The molecule has 0 aliphatic carbocycles. The Balaban J connectivity index is 2.67. The Morgan fingerprint density at radius 3 is 2.73 bits per heavy atom. The van der Waals surface area contributed by atoms with E-state index in [1.807, 2.05) is 12.1 Å². The second-order valence-corrected chi connectivity index (χ2v) is 3.84. The van der Waals surface area contributed by atoms with E-state index in [-0.39, 0.29) is 6.10 Å². The summed E-state index contributed by atoms with van der Waals surface area (Å²) in [4.78, 5) is 0. The Labute approximate surface area is 92.4 Å². The summed E-state index contributed by atoms with van der Waals surface area (Å²) in [6.45, 7) is 4.96. The summed E-state index contributed by atoms with van der Waals surface area (Å²) in [5.74, 6) is 1.01. The molecule has 0 spiro atoms.